The van der Waals surface area contributed by atoms with Crippen molar-refractivity contribution in [2.45, 2.75) is 19.8 Å². The van der Waals surface area contributed by atoms with E-state index in [-0.39, 0.29) is 0 Å². The third kappa shape index (κ3) is 3.36. The fourth-order valence-electron chi connectivity index (χ4n) is 2.20. The fraction of sp³-hybridized carbons (Fsp3) is 0.438. The molecule has 0 saturated heterocycles. The lowest BCUT2D eigenvalue weighted by molar-refractivity contribution is 0.184. The van der Waals surface area contributed by atoms with Gasteiger partial charge in [-0.1, -0.05) is 6.92 Å². The minimum atomic E-state index is 0.299. The van der Waals surface area contributed by atoms with Gasteiger partial charge in [-0.05, 0) is 25.1 Å². The van der Waals surface area contributed by atoms with Gasteiger partial charge in [0.1, 0.15) is 0 Å². The molecule has 1 atom stereocenters. The van der Waals surface area contributed by atoms with Crippen LogP contribution in [0.1, 0.15) is 22.7 Å². The molecule has 0 unspecified atom stereocenters. The highest BCUT2D eigenvalue weighted by atomic mass is 32.1. The predicted octanol–water partition coefficient (Wildman–Crippen LogP) is 3.89. The maximum Gasteiger partial charge on any atom is 0.161 e. The number of aryl methyl sites for hydroxylation is 1. The van der Waals surface area contributed by atoms with E-state index in [1.807, 2.05) is 18.2 Å². The first-order valence-corrected chi connectivity index (χ1v) is 7.61. The number of methoxy groups -OCH3 is 3. The average molecular weight is 307 g/mol. The van der Waals surface area contributed by atoms with Crippen LogP contribution in [0.15, 0.2) is 18.2 Å². The Bertz CT molecular complexity index is 610. The standard InChI is InChI=1S/C16H21NO3S/c1-10(9-18-3)16-17-15(11(2)21-16)12-6-7-13(19-4)14(8-12)20-5/h6-8,10H,9H2,1-5H3/t10-/m1/s1. The lowest BCUT2D eigenvalue weighted by atomic mass is 10.1. The smallest absolute Gasteiger partial charge is 0.161 e. The Morgan fingerprint density at radius 3 is 2.48 bits per heavy atom. The van der Waals surface area contributed by atoms with Gasteiger partial charge in [0.05, 0.1) is 31.5 Å². The molecule has 0 spiro atoms. The van der Waals surface area contributed by atoms with Crippen LogP contribution in [0.5, 0.6) is 11.5 Å². The molecule has 0 aliphatic heterocycles. The molecule has 0 N–H and O–H groups in total. The summed E-state index contributed by atoms with van der Waals surface area (Å²) in [5, 5.41) is 1.10. The van der Waals surface area contributed by atoms with E-state index in [9.17, 15) is 0 Å². The summed E-state index contributed by atoms with van der Waals surface area (Å²) in [4.78, 5) is 5.97. The Balaban J connectivity index is 2.38. The molecule has 5 heteroatoms. The number of hydrogen-bond donors (Lipinski definition) is 0. The molecule has 0 bridgehead atoms. The van der Waals surface area contributed by atoms with Crippen LogP contribution >= 0.6 is 11.3 Å². The molecule has 4 nitrogen and oxygen atoms in total. The summed E-state index contributed by atoms with van der Waals surface area (Å²) >= 11 is 1.72. The quantitative estimate of drug-likeness (QED) is 0.812. The summed E-state index contributed by atoms with van der Waals surface area (Å²) in [5.74, 6) is 1.74. The second kappa shape index (κ2) is 6.91. The average Bonchev–Trinajstić information content (AvgIpc) is 2.89. The molecule has 1 heterocycles. The van der Waals surface area contributed by atoms with Gasteiger partial charge in [0.15, 0.2) is 11.5 Å². The maximum absolute atomic E-state index is 5.36. The van der Waals surface area contributed by atoms with E-state index in [1.165, 1.54) is 4.88 Å². The van der Waals surface area contributed by atoms with Gasteiger partial charge in [-0.15, -0.1) is 11.3 Å². The minimum absolute atomic E-state index is 0.299. The van der Waals surface area contributed by atoms with Crippen molar-refractivity contribution in [3.8, 4) is 22.8 Å². The summed E-state index contributed by atoms with van der Waals surface area (Å²) < 4.78 is 15.8. The van der Waals surface area contributed by atoms with Gasteiger partial charge >= 0.3 is 0 Å². The number of rotatable bonds is 6. The van der Waals surface area contributed by atoms with Crippen molar-refractivity contribution in [2.75, 3.05) is 27.9 Å². The number of ether oxygens (including phenoxy) is 3. The van der Waals surface area contributed by atoms with E-state index in [4.69, 9.17) is 19.2 Å². The SMILES string of the molecule is COC[C@@H](C)c1nc(-c2ccc(OC)c(OC)c2)c(C)s1. The van der Waals surface area contributed by atoms with Gasteiger partial charge in [-0.2, -0.15) is 0 Å². The van der Waals surface area contributed by atoms with Crippen molar-refractivity contribution in [1.29, 1.82) is 0 Å². The second-order valence-electron chi connectivity index (χ2n) is 4.88. The Hall–Kier alpha value is -1.59. The van der Waals surface area contributed by atoms with Crippen molar-refractivity contribution >= 4 is 11.3 Å². The zero-order chi connectivity index (χ0) is 15.4. The van der Waals surface area contributed by atoms with Crippen LogP contribution in [-0.2, 0) is 4.74 Å². The van der Waals surface area contributed by atoms with Crippen molar-refractivity contribution in [3.63, 3.8) is 0 Å². The van der Waals surface area contributed by atoms with E-state index in [1.54, 1.807) is 32.7 Å². The molecule has 0 radical (unpaired) electrons. The second-order valence-corrected chi connectivity index (χ2v) is 6.12. The highest BCUT2D eigenvalue weighted by Crippen LogP contribution is 2.36. The Kier molecular flexibility index (Phi) is 5.20. The Labute approximate surface area is 129 Å². The lowest BCUT2D eigenvalue weighted by Crippen LogP contribution is -2.01. The van der Waals surface area contributed by atoms with Gasteiger partial charge in [-0.3, -0.25) is 0 Å². The largest absolute Gasteiger partial charge is 0.493 e. The van der Waals surface area contributed by atoms with Crippen LogP contribution in [-0.4, -0.2) is 32.9 Å². The fourth-order valence-corrected chi connectivity index (χ4v) is 3.18. The van der Waals surface area contributed by atoms with E-state index in [2.05, 4.69) is 13.8 Å². The van der Waals surface area contributed by atoms with Crippen molar-refractivity contribution < 1.29 is 14.2 Å². The molecule has 2 rings (SSSR count). The molecular formula is C16H21NO3S. The van der Waals surface area contributed by atoms with E-state index in [0.29, 0.717) is 18.3 Å². The number of aromatic nitrogens is 1. The molecule has 1 aromatic carbocycles. The molecule has 0 saturated carbocycles. The van der Waals surface area contributed by atoms with E-state index in [0.717, 1.165) is 22.0 Å². The lowest BCUT2D eigenvalue weighted by Gasteiger charge is -2.09. The summed E-state index contributed by atoms with van der Waals surface area (Å²) in [6.07, 6.45) is 0. The van der Waals surface area contributed by atoms with E-state index >= 15 is 0 Å². The Morgan fingerprint density at radius 2 is 1.86 bits per heavy atom. The molecule has 0 aliphatic carbocycles. The number of thiazole rings is 1. The highest BCUT2D eigenvalue weighted by molar-refractivity contribution is 7.12. The van der Waals surface area contributed by atoms with Gasteiger partial charge in [0, 0.05) is 23.5 Å². The maximum atomic E-state index is 5.36. The first-order chi connectivity index (χ1) is 10.1. The van der Waals surface area contributed by atoms with Crippen LogP contribution in [0.3, 0.4) is 0 Å². The minimum Gasteiger partial charge on any atom is -0.493 e. The first kappa shape index (κ1) is 15.8. The third-order valence-electron chi connectivity index (χ3n) is 3.31. The third-order valence-corrected chi connectivity index (χ3v) is 4.51. The molecule has 21 heavy (non-hydrogen) atoms. The van der Waals surface area contributed by atoms with Crippen LogP contribution in [0.25, 0.3) is 11.3 Å². The van der Waals surface area contributed by atoms with Crippen LogP contribution < -0.4 is 9.47 Å². The van der Waals surface area contributed by atoms with E-state index < -0.39 is 0 Å². The normalized spacial score (nSPS) is 12.2. The van der Waals surface area contributed by atoms with Gasteiger partial charge in [0.25, 0.3) is 0 Å². The highest BCUT2D eigenvalue weighted by Gasteiger charge is 2.16. The predicted molar refractivity (Wildman–Crippen MR) is 85.7 cm³/mol. The summed E-state index contributed by atoms with van der Waals surface area (Å²) in [5.41, 5.74) is 2.04. The molecule has 0 amide bonds. The van der Waals surface area contributed by atoms with Gasteiger partial charge < -0.3 is 14.2 Å². The zero-order valence-corrected chi connectivity index (χ0v) is 13.9. The van der Waals surface area contributed by atoms with Crippen molar-refractivity contribution in [3.05, 3.63) is 28.1 Å². The van der Waals surface area contributed by atoms with Crippen molar-refractivity contribution in [2.24, 2.45) is 0 Å². The van der Waals surface area contributed by atoms with Gasteiger partial charge in [0.2, 0.25) is 0 Å². The van der Waals surface area contributed by atoms with Crippen LogP contribution in [0, 0.1) is 6.92 Å². The number of hydrogen-bond acceptors (Lipinski definition) is 5. The zero-order valence-electron chi connectivity index (χ0n) is 13.1. The number of nitrogens with zero attached hydrogens (tertiary/aromatic N) is 1. The molecule has 0 aliphatic rings. The molecular weight excluding hydrogens is 286 g/mol. The summed E-state index contributed by atoms with van der Waals surface area (Å²) in [6.45, 7) is 4.89. The topological polar surface area (TPSA) is 40.6 Å². The Morgan fingerprint density at radius 1 is 1.14 bits per heavy atom. The van der Waals surface area contributed by atoms with Crippen molar-refractivity contribution in [1.82, 2.24) is 4.98 Å². The molecule has 2 aromatic rings. The van der Waals surface area contributed by atoms with Crippen LogP contribution in [0.2, 0.25) is 0 Å². The monoisotopic (exact) mass is 307 g/mol. The first-order valence-electron chi connectivity index (χ1n) is 6.79. The van der Waals surface area contributed by atoms with Gasteiger partial charge in [-0.25, -0.2) is 4.98 Å². The molecule has 1 aromatic heterocycles. The molecule has 0 fully saturated rings. The van der Waals surface area contributed by atoms with Crippen LogP contribution in [0.4, 0.5) is 0 Å². The number of benzene rings is 1. The summed E-state index contributed by atoms with van der Waals surface area (Å²) in [7, 11) is 4.99. The summed E-state index contributed by atoms with van der Waals surface area (Å²) in [6, 6.07) is 5.88. The molecule has 114 valence electrons.